The molecule has 3 heterocycles. The number of likely N-dealkylation sites (tertiary alicyclic amines) is 1. The van der Waals surface area contributed by atoms with Crippen molar-refractivity contribution in [3.63, 3.8) is 0 Å². The number of piperidine rings is 2. The van der Waals surface area contributed by atoms with Crippen LogP contribution in [0, 0.1) is 0 Å². The molecule has 0 aromatic heterocycles. The van der Waals surface area contributed by atoms with E-state index in [0.717, 1.165) is 30.8 Å². The summed E-state index contributed by atoms with van der Waals surface area (Å²) in [4.78, 5) is 40.4. The molecule has 1 aromatic rings. The highest BCUT2D eigenvalue weighted by Crippen LogP contribution is 2.31. The Balaban J connectivity index is 1.46. The van der Waals surface area contributed by atoms with Gasteiger partial charge in [-0.3, -0.25) is 24.6 Å². The van der Waals surface area contributed by atoms with Crippen molar-refractivity contribution in [2.75, 3.05) is 13.1 Å². The van der Waals surface area contributed by atoms with Gasteiger partial charge in [0.15, 0.2) is 0 Å². The van der Waals surface area contributed by atoms with Crippen molar-refractivity contribution in [1.29, 1.82) is 0 Å². The zero-order valence-electron chi connectivity index (χ0n) is 17.1. The number of nitrogens with one attached hydrogen (secondary N) is 1. The van der Waals surface area contributed by atoms with Gasteiger partial charge in [0.2, 0.25) is 11.8 Å². The SMILES string of the molecule is CCN1CCCC[C@H]1[C@H](C)Oc1ccc2c(c1)CN(C1CCC(=O)NC1=O)C2=O. The Morgan fingerprint density at radius 2 is 2.03 bits per heavy atom. The van der Waals surface area contributed by atoms with Gasteiger partial charge in [0.05, 0.1) is 0 Å². The third-order valence-electron chi connectivity index (χ3n) is 6.43. The van der Waals surface area contributed by atoms with E-state index in [4.69, 9.17) is 4.74 Å². The van der Waals surface area contributed by atoms with Crippen molar-refractivity contribution in [3.05, 3.63) is 29.3 Å². The predicted molar refractivity (Wildman–Crippen MR) is 107 cm³/mol. The molecule has 0 bridgehead atoms. The summed E-state index contributed by atoms with van der Waals surface area (Å²) in [5.74, 6) is -0.0530. The Labute approximate surface area is 171 Å². The van der Waals surface area contributed by atoms with Crippen LogP contribution >= 0.6 is 0 Å². The van der Waals surface area contributed by atoms with E-state index >= 15 is 0 Å². The summed E-state index contributed by atoms with van der Waals surface area (Å²) in [5, 5.41) is 2.34. The van der Waals surface area contributed by atoms with Crippen LogP contribution in [0.5, 0.6) is 5.75 Å². The fourth-order valence-electron chi connectivity index (χ4n) is 4.86. The first-order chi connectivity index (χ1) is 14.0. The second-order valence-corrected chi connectivity index (χ2v) is 8.23. The molecule has 3 amide bonds. The summed E-state index contributed by atoms with van der Waals surface area (Å²) in [6.45, 7) is 6.82. The van der Waals surface area contributed by atoms with Crippen LogP contribution in [0.3, 0.4) is 0 Å². The monoisotopic (exact) mass is 399 g/mol. The van der Waals surface area contributed by atoms with Crippen LogP contribution in [-0.4, -0.2) is 58.8 Å². The molecule has 0 aliphatic carbocycles. The molecule has 3 aliphatic rings. The molecule has 0 radical (unpaired) electrons. The summed E-state index contributed by atoms with van der Waals surface area (Å²) >= 11 is 0. The Bertz CT molecular complexity index is 824. The zero-order valence-corrected chi connectivity index (χ0v) is 17.1. The summed E-state index contributed by atoms with van der Waals surface area (Å²) in [7, 11) is 0. The molecular formula is C22H29N3O4. The maximum atomic E-state index is 12.8. The number of hydrogen-bond acceptors (Lipinski definition) is 5. The maximum absolute atomic E-state index is 12.8. The van der Waals surface area contributed by atoms with Gasteiger partial charge in [-0.25, -0.2) is 0 Å². The van der Waals surface area contributed by atoms with E-state index in [9.17, 15) is 14.4 Å². The molecule has 0 spiro atoms. The van der Waals surface area contributed by atoms with Gasteiger partial charge in [0.1, 0.15) is 17.9 Å². The first-order valence-corrected chi connectivity index (χ1v) is 10.7. The number of rotatable bonds is 5. The first kappa shape index (κ1) is 19.9. The number of amides is 3. The number of carbonyl (C=O) groups excluding carboxylic acids is 3. The summed E-state index contributed by atoms with van der Waals surface area (Å²) in [6, 6.07) is 5.39. The van der Waals surface area contributed by atoms with E-state index < -0.39 is 6.04 Å². The van der Waals surface area contributed by atoms with Gasteiger partial charge in [-0.2, -0.15) is 0 Å². The Kier molecular flexibility index (Phi) is 5.58. The number of benzene rings is 1. The van der Waals surface area contributed by atoms with Crippen molar-refractivity contribution in [2.24, 2.45) is 0 Å². The molecule has 1 aromatic carbocycles. The van der Waals surface area contributed by atoms with Gasteiger partial charge in [-0.05, 0) is 63.0 Å². The van der Waals surface area contributed by atoms with Crippen molar-refractivity contribution in [3.8, 4) is 5.75 Å². The third-order valence-corrected chi connectivity index (χ3v) is 6.43. The molecule has 3 atom stereocenters. The number of hydrogen-bond donors (Lipinski definition) is 1. The molecule has 156 valence electrons. The highest BCUT2D eigenvalue weighted by molar-refractivity contribution is 6.05. The van der Waals surface area contributed by atoms with Crippen LogP contribution in [0.1, 0.15) is 61.9 Å². The van der Waals surface area contributed by atoms with Gasteiger partial charge in [0, 0.05) is 24.6 Å². The number of ether oxygens (including phenoxy) is 1. The molecule has 0 saturated carbocycles. The van der Waals surface area contributed by atoms with Crippen LogP contribution in [0.25, 0.3) is 0 Å². The minimum absolute atomic E-state index is 0.0663. The van der Waals surface area contributed by atoms with Crippen LogP contribution in [0.2, 0.25) is 0 Å². The van der Waals surface area contributed by atoms with E-state index in [1.807, 2.05) is 12.1 Å². The molecule has 29 heavy (non-hydrogen) atoms. The van der Waals surface area contributed by atoms with Crippen molar-refractivity contribution >= 4 is 17.7 Å². The topological polar surface area (TPSA) is 79.0 Å². The lowest BCUT2D eigenvalue weighted by Gasteiger charge is -2.38. The molecule has 1 unspecified atom stereocenters. The molecule has 2 saturated heterocycles. The number of likely N-dealkylation sites (N-methyl/N-ethyl adjacent to an activating group) is 1. The largest absolute Gasteiger partial charge is 0.489 e. The number of nitrogens with zero attached hydrogens (tertiary/aromatic N) is 2. The van der Waals surface area contributed by atoms with Gasteiger partial charge < -0.3 is 9.64 Å². The van der Waals surface area contributed by atoms with E-state index in [1.165, 1.54) is 12.8 Å². The summed E-state index contributed by atoms with van der Waals surface area (Å²) in [6.07, 6.45) is 4.32. The molecule has 7 nitrogen and oxygen atoms in total. The average molecular weight is 399 g/mol. The Morgan fingerprint density at radius 1 is 1.21 bits per heavy atom. The highest BCUT2D eigenvalue weighted by atomic mass is 16.5. The summed E-state index contributed by atoms with van der Waals surface area (Å²) < 4.78 is 6.27. The molecule has 4 rings (SSSR count). The van der Waals surface area contributed by atoms with Gasteiger partial charge >= 0.3 is 0 Å². The summed E-state index contributed by atoms with van der Waals surface area (Å²) in [5.41, 5.74) is 1.49. The molecular weight excluding hydrogens is 370 g/mol. The van der Waals surface area contributed by atoms with Gasteiger partial charge in [-0.1, -0.05) is 13.3 Å². The Morgan fingerprint density at radius 3 is 2.79 bits per heavy atom. The van der Waals surface area contributed by atoms with E-state index in [-0.39, 0.29) is 30.2 Å². The normalized spacial score (nSPS) is 26.3. The van der Waals surface area contributed by atoms with Crippen LogP contribution in [0.4, 0.5) is 0 Å². The molecule has 3 aliphatic heterocycles. The number of imide groups is 1. The number of carbonyl (C=O) groups is 3. The fraction of sp³-hybridized carbons (Fsp3) is 0.591. The average Bonchev–Trinajstić information content (AvgIpc) is 3.03. The van der Waals surface area contributed by atoms with Crippen LogP contribution < -0.4 is 10.1 Å². The fourth-order valence-corrected chi connectivity index (χ4v) is 4.86. The minimum atomic E-state index is -0.587. The van der Waals surface area contributed by atoms with E-state index in [2.05, 4.69) is 24.1 Å². The number of fused-ring (bicyclic) bond motifs is 1. The first-order valence-electron chi connectivity index (χ1n) is 10.7. The Hall–Kier alpha value is -2.41. The second kappa shape index (κ2) is 8.14. The zero-order chi connectivity index (χ0) is 20.5. The lowest BCUT2D eigenvalue weighted by molar-refractivity contribution is -0.136. The lowest BCUT2D eigenvalue weighted by atomic mass is 9.98. The smallest absolute Gasteiger partial charge is 0.255 e. The minimum Gasteiger partial charge on any atom is -0.489 e. The quantitative estimate of drug-likeness (QED) is 0.767. The molecule has 7 heteroatoms. The highest BCUT2D eigenvalue weighted by Gasteiger charge is 2.39. The van der Waals surface area contributed by atoms with Crippen molar-refractivity contribution in [2.45, 2.75) is 70.7 Å². The van der Waals surface area contributed by atoms with Crippen molar-refractivity contribution in [1.82, 2.24) is 15.1 Å². The van der Waals surface area contributed by atoms with Gasteiger partial charge in [0.25, 0.3) is 5.91 Å². The third kappa shape index (κ3) is 3.88. The van der Waals surface area contributed by atoms with Crippen molar-refractivity contribution < 1.29 is 19.1 Å². The van der Waals surface area contributed by atoms with Crippen LogP contribution in [0.15, 0.2) is 18.2 Å². The predicted octanol–water partition coefficient (Wildman–Crippen LogP) is 2.09. The van der Waals surface area contributed by atoms with E-state index in [1.54, 1.807) is 11.0 Å². The van der Waals surface area contributed by atoms with Crippen LogP contribution in [-0.2, 0) is 16.1 Å². The molecule has 2 fully saturated rings. The van der Waals surface area contributed by atoms with Gasteiger partial charge in [-0.15, -0.1) is 0 Å². The second-order valence-electron chi connectivity index (χ2n) is 8.23. The maximum Gasteiger partial charge on any atom is 0.255 e. The lowest BCUT2D eigenvalue weighted by Crippen LogP contribution is -2.52. The standard InChI is InChI=1S/C22H29N3O4/c1-3-24-11-5-4-6-18(24)14(2)29-16-7-8-17-15(12-16)13-25(22(17)28)19-9-10-20(26)23-21(19)27/h7-8,12,14,18-19H,3-6,9-11,13H2,1-2H3,(H,23,26,27)/t14-,18-,19?/m0/s1. The van der Waals surface area contributed by atoms with E-state index in [0.29, 0.717) is 24.6 Å². The molecule has 1 N–H and O–H groups in total.